The molecular weight excluding hydrogens is 386 g/mol. The van der Waals surface area contributed by atoms with Crippen LogP contribution in [0.25, 0.3) is 11.4 Å². The highest BCUT2D eigenvalue weighted by Gasteiger charge is 2.26. The van der Waals surface area contributed by atoms with Crippen molar-refractivity contribution in [2.75, 3.05) is 25.5 Å². The molecular formula is C21H27N5O2S. The summed E-state index contributed by atoms with van der Waals surface area (Å²) >= 11 is 1.41. The van der Waals surface area contributed by atoms with Gasteiger partial charge in [0.2, 0.25) is 5.91 Å². The van der Waals surface area contributed by atoms with Gasteiger partial charge >= 0.3 is 0 Å². The molecule has 2 aromatic rings. The van der Waals surface area contributed by atoms with Crippen molar-refractivity contribution >= 4 is 17.7 Å². The van der Waals surface area contributed by atoms with Gasteiger partial charge in [-0.1, -0.05) is 35.5 Å². The quantitative estimate of drug-likeness (QED) is 0.618. The molecule has 8 heteroatoms. The molecule has 0 spiro atoms. The van der Waals surface area contributed by atoms with E-state index in [-0.39, 0.29) is 17.7 Å². The summed E-state index contributed by atoms with van der Waals surface area (Å²) < 4.78 is 7.46. The van der Waals surface area contributed by atoms with Crippen molar-refractivity contribution < 1.29 is 9.53 Å². The van der Waals surface area contributed by atoms with Gasteiger partial charge in [0.25, 0.3) is 0 Å². The third-order valence-electron chi connectivity index (χ3n) is 5.05. The first-order chi connectivity index (χ1) is 14.1. The van der Waals surface area contributed by atoms with E-state index in [0.29, 0.717) is 26.2 Å². The highest BCUT2D eigenvalue weighted by atomic mass is 32.2. The number of nitriles is 1. The molecule has 3 rings (SSSR count). The van der Waals surface area contributed by atoms with Crippen LogP contribution in [0.5, 0.6) is 0 Å². The van der Waals surface area contributed by atoms with Crippen molar-refractivity contribution in [3.8, 4) is 17.5 Å². The largest absolute Gasteiger partial charge is 0.381 e. The van der Waals surface area contributed by atoms with E-state index in [1.807, 2.05) is 21.6 Å². The maximum atomic E-state index is 12.9. The Bertz CT molecular complexity index is 870. The van der Waals surface area contributed by atoms with Crippen LogP contribution >= 0.6 is 11.8 Å². The van der Waals surface area contributed by atoms with Gasteiger partial charge < -0.3 is 14.2 Å². The fourth-order valence-corrected chi connectivity index (χ4v) is 4.45. The van der Waals surface area contributed by atoms with Gasteiger partial charge in [-0.25, -0.2) is 0 Å². The first kappa shape index (κ1) is 21.3. The summed E-state index contributed by atoms with van der Waals surface area (Å²) in [7, 11) is 0. The van der Waals surface area contributed by atoms with Crippen molar-refractivity contribution in [3.05, 3.63) is 29.8 Å². The monoisotopic (exact) mass is 413 g/mol. The van der Waals surface area contributed by atoms with Gasteiger partial charge in [0.05, 0.1) is 18.2 Å². The van der Waals surface area contributed by atoms with Gasteiger partial charge in [-0.2, -0.15) is 5.26 Å². The lowest BCUT2D eigenvalue weighted by molar-refractivity contribution is -0.132. The van der Waals surface area contributed by atoms with E-state index in [0.717, 1.165) is 35.9 Å². The topological polar surface area (TPSA) is 84.0 Å². The van der Waals surface area contributed by atoms with Crippen LogP contribution in [-0.4, -0.2) is 57.1 Å². The number of nitrogens with zero attached hydrogens (tertiary/aromatic N) is 5. The lowest BCUT2D eigenvalue weighted by atomic mass is 10.1. The van der Waals surface area contributed by atoms with Crippen molar-refractivity contribution in [2.45, 2.75) is 50.9 Å². The van der Waals surface area contributed by atoms with Crippen molar-refractivity contribution in [3.63, 3.8) is 0 Å². The molecule has 154 valence electrons. The first-order valence-corrected chi connectivity index (χ1v) is 11.0. The summed E-state index contributed by atoms with van der Waals surface area (Å²) in [6.45, 7) is 6.63. The molecule has 0 unspecified atom stereocenters. The Morgan fingerprint density at radius 3 is 2.86 bits per heavy atom. The van der Waals surface area contributed by atoms with E-state index in [9.17, 15) is 4.79 Å². The summed E-state index contributed by atoms with van der Waals surface area (Å²) in [5.41, 5.74) is 2.19. The van der Waals surface area contributed by atoms with Gasteiger partial charge in [-0.15, -0.1) is 10.2 Å². The van der Waals surface area contributed by atoms with Gasteiger partial charge in [0.15, 0.2) is 11.0 Å². The molecule has 2 heterocycles. The zero-order valence-corrected chi connectivity index (χ0v) is 17.8. The number of rotatable bonds is 8. The smallest absolute Gasteiger partial charge is 0.233 e. The predicted octanol–water partition coefficient (Wildman–Crippen LogP) is 3.29. The summed E-state index contributed by atoms with van der Waals surface area (Å²) in [6, 6.07) is 10.5. The lowest BCUT2D eigenvalue weighted by Gasteiger charge is -2.33. The third kappa shape index (κ3) is 5.37. The van der Waals surface area contributed by atoms with Gasteiger partial charge in [-0.05, 0) is 32.8 Å². The first-order valence-electron chi connectivity index (χ1n) is 10.0. The Morgan fingerprint density at radius 2 is 2.17 bits per heavy atom. The maximum absolute atomic E-state index is 12.9. The van der Waals surface area contributed by atoms with E-state index >= 15 is 0 Å². The summed E-state index contributed by atoms with van der Waals surface area (Å²) in [5.74, 6) is 1.14. The molecule has 1 aromatic heterocycles. The molecule has 0 aliphatic carbocycles. The van der Waals surface area contributed by atoms with Crippen LogP contribution in [0.2, 0.25) is 0 Å². The van der Waals surface area contributed by atoms with Gasteiger partial charge in [0.1, 0.15) is 0 Å². The fraction of sp³-hybridized carbons (Fsp3) is 0.524. The second-order valence-corrected chi connectivity index (χ2v) is 7.99. The minimum absolute atomic E-state index is 0.0416. The van der Waals surface area contributed by atoms with Crippen LogP contribution in [-0.2, 0) is 16.1 Å². The van der Waals surface area contributed by atoms with Crippen molar-refractivity contribution in [1.82, 2.24) is 19.7 Å². The third-order valence-corrected chi connectivity index (χ3v) is 6.00. The Labute approximate surface area is 176 Å². The Hall–Kier alpha value is -2.37. The van der Waals surface area contributed by atoms with Crippen LogP contribution in [0.15, 0.2) is 29.4 Å². The number of benzene rings is 1. The van der Waals surface area contributed by atoms with E-state index in [4.69, 9.17) is 10.00 Å². The number of ether oxygens (including phenoxy) is 1. The minimum Gasteiger partial charge on any atom is -0.381 e. The van der Waals surface area contributed by atoms with E-state index in [1.165, 1.54) is 17.3 Å². The number of carbonyl (C=O) groups excluding carboxylic acids is 1. The molecule has 7 nitrogen and oxygen atoms in total. The van der Waals surface area contributed by atoms with E-state index in [1.54, 1.807) is 0 Å². The number of amides is 1. The van der Waals surface area contributed by atoms with Crippen LogP contribution in [0.3, 0.4) is 0 Å². The van der Waals surface area contributed by atoms with E-state index < -0.39 is 0 Å². The molecule has 1 amide bonds. The minimum atomic E-state index is 0.0416. The maximum Gasteiger partial charge on any atom is 0.233 e. The van der Waals surface area contributed by atoms with Crippen LogP contribution in [0.4, 0.5) is 0 Å². The standard InChI is InChI=1S/C21H27N5O2S/c1-3-25-20(17-7-4-6-16(2)14-17)23-24-21(25)29-15-19(27)26(11-5-10-22)18-8-12-28-13-9-18/h4,6-7,14,18H,3,5,8-9,11-13,15H2,1-2H3. The second kappa shape index (κ2) is 10.4. The van der Waals surface area contributed by atoms with Crippen molar-refractivity contribution in [2.24, 2.45) is 0 Å². The highest BCUT2D eigenvalue weighted by Crippen LogP contribution is 2.25. The molecule has 1 aliphatic heterocycles. The average Bonchev–Trinajstić information content (AvgIpc) is 3.16. The number of thioether (sulfide) groups is 1. The number of aromatic nitrogens is 3. The van der Waals surface area contributed by atoms with E-state index in [2.05, 4.69) is 42.2 Å². The lowest BCUT2D eigenvalue weighted by Crippen LogP contribution is -2.44. The summed E-state index contributed by atoms with van der Waals surface area (Å²) in [4.78, 5) is 14.8. The summed E-state index contributed by atoms with van der Waals surface area (Å²) in [5, 5.41) is 18.4. The normalized spacial score (nSPS) is 14.5. The second-order valence-electron chi connectivity index (χ2n) is 7.05. The zero-order chi connectivity index (χ0) is 20.6. The number of hydrogen-bond donors (Lipinski definition) is 0. The molecule has 0 radical (unpaired) electrons. The van der Waals surface area contributed by atoms with Crippen LogP contribution < -0.4 is 0 Å². The molecule has 1 aliphatic rings. The average molecular weight is 414 g/mol. The molecule has 0 saturated carbocycles. The molecule has 1 fully saturated rings. The van der Waals surface area contributed by atoms with Gasteiger partial charge in [-0.3, -0.25) is 4.79 Å². The fourth-order valence-electron chi connectivity index (χ4n) is 3.57. The summed E-state index contributed by atoms with van der Waals surface area (Å²) in [6.07, 6.45) is 1.99. The predicted molar refractivity (Wildman–Crippen MR) is 112 cm³/mol. The molecule has 29 heavy (non-hydrogen) atoms. The van der Waals surface area contributed by atoms with Crippen molar-refractivity contribution in [1.29, 1.82) is 5.26 Å². The SMILES string of the molecule is CCn1c(SCC(=O)N(CCC#N)C2CCOCC2)nnc1-c1cccc(C)c1. The Morgan fingerprint density at radius 1 is 1.38 bits per heavy atom. The highest BCUT2D eigenvalue weighted by molar-refractivity contribution is 7.99. The number of aryl methyl sites for hydroxylation is 1. The Kier molecular flexibility index (Phi) is 7.67. The molecule has 0 atom stereocenters. The van der Waals surface area contributed by atoms with Gasteiger partial charge in [0, 0.05) is 37.9 Å². The van der Waals surface area contributed by atoms with Crippen LogP contribution in [0, 0.1) is 18.3 Å². The molecule has 1 saturated heterocycles. The van der Waals surface area contributed by atoms with Crippen LogP contribution in [0.1, 0.15) is 31.7 Å². The molecule has 0 bridgehead atoms. The number of hydrogen-bond acceptors (Lipinski definition) is 6. The Balaban J connectivity index is 1.70. The molecule has 1 aromatic carbocycles. The molecule has 0 N–H and O–H groups in total. The zero-order valence-electron chi connectivity index (χ0n) is 17.0. The number of carbonyl (C=O) groups is 1.